The molecule has 0 unspecified atom stereocenters. The van der Waals surface area contributed by atoms with Crippen molar-refractivity contribution in [2.75, 3.05) is 12.4 Å². The summed E-state index contributed by atoms with van der Waals surface area (Å²) in [5, 5.41) is 4.36. The summed E-state index contributed by atoms with van der Waals surface area (Å²) in [5.74, 6) is 1.36. The Bertz CT molecular complexity index is 600. The van der Waals surface area contributed by atoms with Crippen LogP contribution in [-0.4, -0.2) is 24.4 Å². The lowest BCUT2D eigenvalue weighted by molar-refractivity contribution is -0.137. The van der Waals surface area contributed by atoms with Crippen LogP contribution in [0.3, 0.4) is 0 Å². The molecule has 0 saturated heterocycles. The molecular weight excluding hydrogens is 330 g/mol. The Morgan fingerprint density at radius 3 is 2.78 bits per heavy atom. The fourth-order valence-electron chi connectivity index (χ4n) is 3.30. The molecule has 1 saturated carbocycles. The number of thioether (sulfide) groups is 1. The number of hydrogen-bond donors (Lipinski definition) is 1. The quantitative estimate of drug-likeness (QED) is 0.815. The van der Waals surface area contributed by atoms with Gasteiger partial charge < -0.3 is 10.1 Å². The zero-order valence-corrected chi connectivity index (χ0v) is 14.9. The highest BCUT2D eigenvalue weighted by Crippen LogP contribution is 2.38. The van der Waals surface area contributed by atoms with Crippen molar-refractivity contribution < 1.29 is 9.53 Å². The Labute approximate surface area is 146 Å². The van der Waals surface area contributed by atoms with E-state index in [9.17, 15) is 4.79 Å². The van der Waals surface area contributed by atoms with Crippen molar-refractivity contribution in [2.24, 2.45) is 5.92 Å². The van der Waals surface area contributed by atoms with E-state index in [0.29, 0.717) is 28.5 Å². The maximum Gasteiger partial charge on any atom is 0.346 e. The number of ether oxygens (including phenoxy) is 1. The molecule has 124 valence electrons. The lowest BCUT2D eigenvalue weighted by Gasteiger charge is -2.31. The van der Waals surface area contributed by atoms with Gasteiger partial charge in [0.05, 0.1) is 12.3 Å². The van der Waals surface area contributed by atoms with Crippen LogP contribution < -0.4 is 5.32 Å². The lowest BCUT2D eigenvalue weighted by Crippen LogP contribution is -2.37. The number of halogens is 1. The number of esters is 1. The average Bonchev–Trinajstić information content (AvgIpc) is 2.75. The summed E-state index contributed by atoms with van der Waals surface area (Å²) >= 11 is 7.64. The summed E-state index contributed by atoms with van der Waals surface area (Å²) < 4.78 is 5.28. The number of rotatable bonds is 3. The van der Waals surface area contributed by atoms with E-state index in [1.54, 1.807) is 11.8 Å². The molecule has 1 aromatic carbocycles. The summed E-state index contributed by atoms with van der Waals surface area (Å²) in [7, 11) is 0. The van der Waals surface area contributed by atoms with E-state index in [4.69, 9.17) is 16.3 Å². The summed E-state index contributed by atoms with van der Waals surface area (Å²) in [5.41, 5.74) is 1.90. The SMILES string of the molecule is CCOC(=O)C1=C(c2ccc(Cl)cc2)N[C@H]2CCCC[C@@H]2CS1. The van der Waals surface area contributed by atoms with Gasteiger partial charge in [0.25, 0.3) is 0 Å². The summed E-state index contributed by atoms with van der Waals surface area (Å²) in [4.78, 5) is 13.1. The van der Waals surface area contributed by atoms with Crippen molar-refractivity contribution in [3.05, 3.63) is 39.8 Å². The van der Waals surface area contributed by atoms with E-state index in [2.05, 4.69) is 5.32 Å². The van der Waals surface area contributed by atoms with Gasteiger partial charge in [-0.25, -0.2) is 4.79 Å². The van der Waals surface area contributed by atoms with Crippen molar-refractivity contribution >= 4 is 35.0 Å². The van der Waals surface area contributed by atoms with Crippen molar-refractivity contribution in [3.8, 4) is 0 Å². The molecule has 2 aliphatic rings. The molecule has 0 amide bonds. The molecule has 1 N–H and O–H groups in total. The van der Waals surface area contributed by atoms with Gasteiger partial charge in [0, 0.05) is 16.8 Å². The third-order valence-corrected chi connectivity index (χ3v) is 6.01. The lowest BCUT2D eigenvalue weighted by atomic mass is 9.85. The van der Waals surface area contributed by atoms with E-state index >= 15 is 0 Å². The summed E-state index contributed by atoms with van der Waals surface area (Å²) in [6.07, 6.45) is 4.93. The van der Waals surface area contributed by atoms with Crippen molar-refractivity contribution in [1.29, 1.82) is 0 Å². The molecule has 1 fully saturated rings. The van der Waals surface area contributed by atoms with Crippen LogP contribution in [0.4, 0.5) is 0 Å². The van der Waals surface area contributed by atoms with E-state index in [0.717, 1.165) is 17.0 Å². The molecule has 1 heterocycles. The maximum absolute atomic E-state index is 12.4. The van der Waals surface area contributed by atoms with Crippen LogP contribution in [0.1, 0.15) is 38.2 Å². The molecule has 23 heavy (non-hydrogen) atoms. The highest BCUT2D eigenvalue weighted by atomic mass is 35.5. The van der Waals surface area contributed by atoms with Crippen molar-refractivity contribution in [2.45, 2.75) is 38.6 Å². The largest absolute Gasteiger partial charge is 0.462 e. The second-order valence-corrected chi connectivity index (χ2v) is 7.50. The molecule has 0 aromatic heterocycles. The third kappa shape index (κ3) is 3.86. The molecule has 5 heteroatoms. The summed E-state index contributed by atoms with van der Waals surface area (Å²) in [6, 6.07) is 8.10. The zero-order valence-electron chi connectivity index (χ0n) is 13.3. The van der Waals surface area contributed by atoms with Gasteiger partial charge in [-0.05, 0) is 43.4 Å². The third-order valence-electron chi connectivity index (χ3n) is 4.50. The number of benzene rings is 1. The van der Waals surface area contributed by atoms with Gasteiger partial charge in [0.15, 0.2) is 0 Å². The normalized spacial score (nSPS) is 24.4. The number of carbonyl (C=O) groups is 1. The standard InChI is InChI=1S/C18H22ClNO2S/c1-2-22-18(21)17-16(12-7-9-14(19)10-8-12)20-15-6-4-3-5-13(15)11-23-17/h7-10,13,15,20H,2-6,11H2,1H3/t13-,15+/m1/s1. The first-order chi connectivity index (χ1) is 11.2. The molecule has 2 atom stereocenters. The van der Waals surface area contributed by atoms with Crippen LogP contribution in [0.2, 0.25) is 5.02 Å². The van der Waals surface area contributed by atoms with Gasteiger partial charge >= 0.3 is 5.97 Å². The van der Waals surface area contributed by atoms with Crippen molar-refractivity contribution in [3.63, 3.8) is 0 Å². The Morgan fingerprint density at radius 1 is 1.30 bits per heavy atom. The van der Waals surface area contributed by atoms with Gasteiger partial charge in [-0.2, -0.15) is 0 Å². The van der Waals surface area contributed by atoms with Crippen LogP contribution in [0.5, 0.6) is 0 Å². The van der Waals surface area contributed by atoms with E-state index in [1.165, 1.54) is 25.7 Å². The average molecular weight is 352 g/mol. The first-order valence-electron chi connectivity index (χ1n) is 8.25. The fourth-order valence-corrected chi connectivity index (χ4v) is 4.70. The smallest absolute Gasteiger partial charge is 0.346 e. The first kappa shape index (κ1) is 16.7. The molecule has 0 bridgehead atoms. The van der Waals surface area contributed by atoms with E-state index < -0.39 is 0 Å². The maximum atomic E-state index is 12.4. The molecule has 3 nitrogen and oxygen atoms in total. The Kier molecular flexibility index (Phi) is 5.54. The van der Waals surface area contributed by atoms with Crippen LogP contribution in [-0.2, 0) is 9.53 Å². The molecule has 0 spiro atoms. The highest BCUT2D eigenvalue weighted by Gasteiger charge is 2.32. The predicted molar refractivity (Wildman–Crippen MR) is 96.3 cm³/mol. The highest BCUT2D eigenvalue weighted by molar-refractivity contribution is 8.04. The minimum absolute atomic E-state index is 0.228. The number of hydrogen-bond acceptors (Lipinski definition) is 4. The molecular formula is C18H22ClNO2S. The molecule has 1 aliphatic heterocycles. The predicted octanol–water partition coefficient (Wildman–Crippen LogP) is 4.47. The van der Waals surface area contributed by atoms with Crippen LogP contribution >= 0.6 is 23.4 Å². The number of nitrogens with one attached hydrogen (secondary N) is 1. The first-order valence-corrected chi connectivity index (χ1v) is 9.62. The van der Waals surface area contributed by atoms with Gasteiger partial charge in [-0.1, -0.05) is 36.6 Å². The van der Waals surface area contributed by atoms with Crippen LogP contribution in [0, 0.1) is 5.92 Å². The second kappa shape index (κ2) is 7.63. The topological polar surface area (TPSA) is 38.3 Å². The monoisotopic (exact) mass is 351 g/mol. The van der Waals surface area contributed by atoms with Gasteiger partial charge in [0.1, 0.15) is 4.91 Å². The van der Waals surface area contributed by atoms with E-state index in [-0.39, 0.29) is 5.97 Å². The van der Waals surface area contributed by atoms with Crippen LogP contribution in [0.25, 0.3) is 5.70 Å². The number of fused-ring (bicyclic) bond motifs is 1. The van der Waals surface area contributed by atoms with Gasteiger partial charge in [-0.15, -0.1) is 11.8 Å². The number of carbonyl (C=O) groups excluding carboxylic acids is 1. The van der Waals surface area contributed by atoms with Crippen LogP contribution in [0.15, 0.2) is 29.2 Å². The van der Waals surface area contributed by atoms with Gasteiger partial charge in [-0.3, -0.25) is 0 Å². The Hall–Kier alpha value is -1.13. The molecule has 1 aromatic rings. The minimum atomic E-state index is -0.228. The second-order valence-electron chi connectivity index (χ2n) is 6.04. The fraction of sp³-hybridized carbons (Fsp3) is 0.500. The molecule has 1 aliphatic carbocycles. The Morgan fingerprint density at radius 2 is 2.04 bits per heavy atom. The van der Waals surface area contributed by atoms with Crippen molar-refractivity contribution in [1.82, 2.24) is 5.32 Å². The molecule has 0 radical (unpaired) electrons. The van der Waals surface area contributed by atoms with Gasteiger partial charge in [0.2, 0.25) is 0 Å². The Balaban J connectivity index is 1.97. The summed E-state index contributed by atoms with van der Waals surface area (Å²) in [6.45, 7) is 2.23. The zero-order chi connectivity index (χ0) is 16.2. The van der Waals surface area contributed by atoms with E-state index in [1.807, 2.05) is 31.2 Å². The molecule has 3 rings (SSSR count). The minimum Gasteiger partial charge on any atom is -0.462 e.